The van der Waals surface area contributed by atoms with Crippen molar-refractivity contribution in [3.63, 3.8) is 0 Å². The van der Waals surface area contributed by atoms with Gasteiger partial charge in [-0.3, -0.25) is 13.9 Å². The third-order valence-electron chi connectivity index (χ3n) is 6.86. The molecule has 13 heteroatoms. The van der Waals surface area contributed by atoms with Crippen LogP contribution in [-0.4, -0.2) is 72.7 Å². The van der Waals surface area contributed by atoms with E-state index in [0.29, 0.717) is 23.6 Å². The molecule has 0 spiro atoms. The van der Waals surface area contributed by atoms with Crippen LogP contribution in [0.25, 0.3) is 0 Å². The molecule has 0 saturated carbocycles. The molecule has 0 heterocycles. The Morgan fingerprint density at radius 2 is 1.55 bits per heavy atom. The lowest BCUT2D eigenvalue weighted by Gasteiger charge is -2.33. The molecule has 0 aliphatic carbocycles. The lowest BCUT2D eigenvalue weighted by atomic mass is 10.1. The molecule has 44 heavy (non-hydrogen) atoms. The van der Waals surface area contributed by atoms with Gasteiger partial charge in [-0.1, -0.05) is 30.7 Å². The van der Waals surface area contributed by atoms with Gasteiger partial charge in [0.05, 0.1) is 39.0 Å². The van der Waals surface area contributed by atoms with E-state index in [1.54, 1.807) is 44.2 Å². The van der Waals surface area contributed by atoms with Crippen LogP contribution in [0.2, 0.25) is 5.02 Å². The van der Waals surface area contributed by atoms with Crippen molar-refractivity contribution in [2.24, 2.45) is 0 Å². The Labute approximate surface area is 263 Å². The lowest BCUT2D eigenvalue weighted by Crippen LogP contribution is -2.52. The van der Waals surface area contributed by atoms with Crippen LogP contribution in [0, 0.1) is 0 Å². The number of carbonyl (C=O) groups excluding carboxylic acids is 2. The number of anilines is 1. The number of halogens is 1. The maximum absolute atomic E-state index is 14.3. The van der Waals surface area contributed by atoms with E-state index >= 15 is 0 Å². The summed E-state index contributed by atoms with van der Waals surface area (Å²) in [6, 6.07) is 14.8. The molecule has 0 aliphatic heterocycles. The second-order valence-corrected chi connectivity index (χ2v) is 11.8. The second kappa shape index (κ2) is 15.5. The first-order chi connectivity index (χ1) is 21.0. The topological polar surface area (TPSA) is 124 Å². The Balaban J connectivity index is 2.18. The van der Waals surface area contributed by atoms with Gasteiger partial charge in [0.15, 0.2) is 11.5 Å². The summed E-state index contributed by atoms with van der Waals surface area (Å²) in [5, 5.41) is 3.00. The average Bonchev–Trinajstić information content (AvgIpc) is 3.03. The molecule has 0 unspecified atom stereocenters. The molecule has 3 aromatic carbocycles. The second-order valence-electron chi connectivity index (χ2n) is 9.54. The van der Waals surface area contributed by atoms with Gasteiger partial charge in [-0.2, -0.15) is 0 Å². The highest BCUT2D eigenvalue weighted by atomic mass is 35.5. The van der Waals surface area contributed by atoms with E-state index < -0.39 is 28.5 Å². The first-order valence-electron chi connectivity index (χ1n) is 13.8. The molecule has 0 aromatic heterocycles. The van der Waals surface area contributed by atoms with Crippen molar-refractivity contribution in [2.45, 2.75) is 37.8 Å². The smallest absolute Gasteiger partial charge is 0.265 e. The van der Waals surface area contributed by atoms with Gasteiger partial charge >= 0.3 is 0 Å². The maximum Gasteiger partial charge on any atom is 0.265 e. The summed E-state index contributed by atoms with van der Waals surface area (Å²) in [5.41, 5.74) is 0.727. The number of likely N-dealkylation sites (N-methyl/N-ethyl adjacent to an activating group) is 1. The summed E-state index contributed by atoms with van der Waals surface area (Å²) in [4.78, 5) is 28.6. The van der Waals surface area contributed by atoms with Gasteiger partial charge in [-0.15, -0.1) is 0 Å². The minimum absolute atomic E-state index is 0.0165. The van der Waals surface area contributed by atoms with Crippen LogP contribution in [0.5, 0.6) is 23.0 Å². The number of nitrogens with one attached hydrogen (secondary N) is 1. The number of ether oxygens (including phenoxy) is 4. The van der Waals surface area contributed by atoms with Crippen LogP contribution >= 0.6 is 11.6 Å². The van der Waals surface area contributed by atoms with Gasteiger partial charge in [0.25, 0.3) is 10.0 Å². The number of rotatable bonds is 15. The minimum atomic E-state index is -4.44. The molecule has 238 valence electrons. The Morgan fingerprint density at radius 3 is 2.16 bits per heavy atom. The van der Waals surface area contributed by atoms with Crippen LogP contribution in [0.15, 0.2) is 65.6 Å². The normalized spacial score (nSPS) is 11.7. The van der Waals surface area contributed by atoms with E-state index in [2.05, 4.69) is 5.32 Å². The summed E-state index contributed by atoms with van der Waals surface area (Å²) in [5.74, 6) is 0.257. The Morgan fingerprint density at radius 1 is 0.864 bits per heavy atom. The number of amides is 2. The molecule has 2 amide bonds. The van der Waals surface area contributed by atoms with Crippen molar-refractivity contribution in [1.29, 1.82) is 0 Å². The van der Waals surface area contributed by atoms with Crippen LogP contribution < -0.4 is 28.6 Å². The molecule has 11 nitrogen and oxygen atoms in total. The molecule has 0 fully saturated rings. The number of hydrogen-bond donors (Lipinski definition) is 1. The minimum Gasteiger partial charge on any atom is -0.497 e. The SMILES string of the molecule is CCNC(=O)[C@H](CC)N(Cc1cccc(OC)c1)C(=O)CN(c1cc(Cl)ccc1OC)S(=O)(=O)c1ccc(OC)c(OC)c1. The predicted molar refractivity (Wildman–Crippen MR) is 168 cm³/mol. The molecule has 0 aliphatic rings. The van der Waals surface area contributed by atoms with Crippen molar-refractivity contribution < 1.29 is 37.0 Å². The average molecular weight is 648 g/mol. The fourth-order valence-electron chi connectivity index (χ4n) is 4.65. The number of methoxy groups -OCH3 is 4. The van der Waals surface area contributed by atoms with E-state index in [9.17, 15) is 18.0 Å². The summed E-state index contributed by atoms with van der Waals surface area (Å²) >= 11 is 6.31. The van der Waals surface area contributed by atoms with E-state index in [1.807, 2.05) is 0 Å². The molecule has 1 atom stereocenters. The summed E-state index contributed by atoms with van der Waals surface area (Å²) in [6.45, 7) is 3.26. The first kappa shape index (κ1) is 34.3. The van der Waals surface area contributed by atoms with Gasteiger partial charge in [0.2, 0.25) is 11.8 Å². The Hall–Kier alpha value is -4.16. The standard InChI is InChI=1S/C31H38ClN3O8S/c1-7-25(31(37)33-8-2)34(19-21-10-9-11-23(16-21)40-3)30(36)20-35(26-17-22(32)12-14-27(26)41-4)44(38,39)24-13-15-28(42-5)29(18-24)43-6/h9-18,25H,7-8,19-20H2,1-6H3,(H,33,37)/t25-/m0/s1. The quantitative estimate of drug-likeness (QED) is 0.256. The van der Waals surface area contributed by atoms with Crippen molar-refractivity contribution in [2.75, 3.05) is 45.8 Å². The van der Waals surface area contributed by atoms with Crippen molar-refractivity contribution in [3.8, 4) is 23.0 Å². The molecule has 3 rings (SSSR count). The summed E-state index contributed by atoms with van der Waals surface area (Å²) in [7, 11) is 1.29. The highest BCUT2D eigenvalue weighted by Gasteiger charge is 2.35. The van der Waals surface area contributed by atoms with Gasteiger partial charge in [0.1, 0.15) is 24.1 Å². The van der Waals surface area contributed by atoms with E-state index in [1.165, 1.54) is 63.7 Å². The van der Waals surface area contributed by atoms with Crippen LogP contribution in [-0.2, 0) is 26.2 Å². The highest BCUT2D eigenvalue weighted by molar-refractivity contribution is 7.92. The van der Waals surface area contributed by atoms with Gasteiger partial charge < -0.3 is 29.2 Å². The highest BCUT2D eigenvalue weighted by Crippen LogP contribution is 2.37. The summed E-state index contributed by atoms with van der Waals surface area (Å²) < 4.78 is 51.0. The zero-order valence-corrected chi connectivity index (χ0v) is 27.2. The fourth-order valence-corrected chi connectivity index (χ4v) is 6.25. The van der Waals surface area contributed by atoms with Crippen LogP contribution in [0.3, 0.4) is 0 Å². The number of carbonyl (C=O) groups is 2. The third kappa shape index (κ3) is 7.86. The van der Waals surface area contributed by atoms with E-state index in [0.717, 1.165) is 4.31 Å². The zero-order chi connectivity index (χ0) is 32.4. The number of benzene rings is 3. The van der Waals surface area contributed by atoms with Crippen molar-refractivity contribution >= 4 is 39.1 Å². The van der Waals surface area contributed by atoms with Crippen LogP contribution in [0.1, 0.15) is 25.8 Å². The predicted octanol–water partition coefficient (Wildman–Crippen LogP) is 4.51. The van der Waals surface area contributed by atoms with Gasteiger partial charge in [-0.05, 0) is 61.4 Å². The molecular weight excluding hydrogens is 610 g/mol. The number of sulfonamides is 1. The fraction of sp³-hybridized carbons (Fsp3) is 0.355. The van der Waals surface area contributed by atoms with Gasteiger partial charge in [-0.25, -0.2) is 8.42 Å². The van der Waals surface area contributed by atoms with E-state index in [4.69, 9.17) is 30.5 Å². The third-order valence-corrected chi connectivity index (χ3v) is 8.85. The summed E-state index contributed by atoms with van der Waals surface area (Å²) in [6.07, 6.45) is 0.282. The number of nitrogens with zero attached hydrogens (tertiary/aromatic N) is 2. The molecule has 0 bridgehead atoms. The van der Waals surface area contributed by atoms with Crippen LogP contribution in [0.4, 0.5) is 5.69 Å². The largest absolute Gasteiger partial charge is 0.497 e. The first-order valence-corrected chi connectivity index (χ1v) is 15.6. The molecule has 3 aromatic rings. The van der Waals surface area contributed by atoms with Gasteiger partial charge in [0, 0.05) is 24.2 Å². The monoisotopic (exact) mass is 647 g/mol. The maximum atomic E-state index is 14.3. The number of hydrogen-bond acceptors (Lipinski definition) is 8. The van der Waals surface area contributed by atoms with Crippen molar-refractivity contribution in [3.05, 3.63) is 71.2 Å². The molecule has 1 N–H and O–H groups in total. The Bertz CT molecular complexity index is 1570. The van der Waals surface area contributed by atoms with E-state index in [-0.39, 0.29) is 46.0 Å². The molecule has 0 radical (unpaired) electrons. The lowest BCUT2D eigenvalue weighted by molar-refractivity contribution is -0.140. The molecular formula is C31H38ClN3O8S. The Kier molecular flexibility index (Phi) is 12.1. The van der Waals surface area contributed by atoms with Crippen molar-refractivity contribution in [1.82, 2.24) is 10.2 Å². The zero-order valence-electron chi connectivity index (χ0n) is 25.6. The molecule has 0 saturated heterocycles.